The van der Waals surface area contributed by atoms with Crippen molar-refractivity contribution < 1.29 is 8.42 Å². The Hall–Kier alpha value is -1.35. The number of nitrogens with one attached hydrogen (secondary N) is 1. The van der Waals surface area contributed by atoms with Gasteiger partial charge >= 0.3 is 0 Å². The van der Waals surface area contributed by atoms with E-state index in [9.17, 15) is 8.42 Å². The molecular formula is C12H16N4O2S2. The van der Waals surface area contributed by atoms with E-state index in [4.69, 9.17) is 0 Å². The lowest BCUT2D eigenvalue weighted by atomic mass is 10.3. The van der Waals surface area contributed by atoms with Crippen LogP contribution < -0.4 is 4.72 Å². The Morgan fingerprint density at radius 2 is 2.15 bits per heavy atom. The highest BCUT2D eigenvalue weighted by Crippen LogP contribution is 2.27. The van der Waals surface area contributed by atoms with Gasteiger partial charge < -0.3 is 0 Å². The van der Waals surface area contributed by atoms with E-state index in [2.05, 4.69) is 14.7 Å². The molecule has 1 N–H and O–H groups in total. The predicted octanol–water partition coefficient (Wildman–Crippen LogP) is 1.41. The van der Waals surface area contributed by atoms with Crippen molar-refractivity contribution in [2.24, 2.45) is 0 Å². The zero-order valence-corrected chi connectivity index (χ0v) is 13.1. The molecule has 2 aromatic rings. The lowest BCUT2D eigenvalue weighted by Crippen LogP contribution is -2.35. The third-order valence-corrected chi connectivity index (χ3v) is 5.37. The zero-order chi connectivity index (χ0) is 14.8. The number of thiazole rings is 1. The number of pyridine rings is 1. The molecule has 6 nitrogen and oxygen atoms in total. The topological polar surface area (TPSA) is 75.2 Å². The zero-order valence-electron chi connectivity index (χ0n) is 11.5. The van der Waals surface area contributed by atoms with E-state index in [-0.39, 0.29) is 6.54 Å². The summed E-state index contributed by atoms with van der Waals surface area (Å²) in [5.41, 5.74) is 1.76. The van der Waals surface area contributed by atoms with Gasteiger partial charge in [-0.2, -0.15) is 17.4 Å². The van der Waals surface area contributed by atoms with Crippen molar-refractivity contribution in [2.45, 2.75) is 13.5 Å². The van der Waals surface area contributed by atoms with Crippen LogP contribution in [-0.2, 0) is 16.8 Å². The van der Waals surface area contributed by atoms with Crippen LogP contribution in [0.25, 0.3) is 10.6 Å². The van der Waals surface area contributed by atoms with Gasteiger partial charge in [-0.3, -0.25) is 4.98 Å². The molecule has 0 atom stereocenters. The van der Waals surface area contributed by atoms with E-state index in [0.717, 1.165) is 25.4 Å². The molecule has 0 aliphatic rings. The average Bonchev–Trinajstić information content (AvgIpc) is 2.79. The first-order chi connectivity index (χ1) is 9.40. The maximum absolute atomic E-state index is 11.7. The second-order valence-corrected chi connectivity index (χ2v) is 7.43. The standard InChI is InChI=1S/C12H16N4O2S2/c1-9-11(8-14-20(17,18)16(2)3)19-12(15-9)10-5-4-6-13-7-10/h4-7,14H,8H2,1-3H3. The minimum Gasteiger partial charge on any atom is -0.264 e. The first-order valence-electron chi connectivity index (χ1n) is 5.94. The largest absolute Gasteiger partial charge is 0.279 e. The van der Waals surface area contributed by atoms with Crippen molar-refractivity contribution in [1.29, 1.82) is 0 Å². The van der Waals surface area contributed by atoms with Crippen LogP contribution in [0.1, 0.15) is 10.6 Å². The van der Waals surface area contributed by atoms with Crippen LogP contribution in [0.5, 0.6) is 0 Å². The van der Waals surface area contributed by atoms with E-state index in [0.29, 0.717) is 0 Å². The number of aromatic nitrogens is 2. The monoisotopic (exact) mass is 312 g/mol. The Morgan fingerprint density at radius 1 is 1.40 bits per heavy atom. The molecule has 0 aliphatic carbocycles. The smallest absolute Gasteiger partial charge is 0.264 e. The van der Waals surface area contributed by atoms with Gasteiger partial charge in [-0.15, -0.1) is 11.3 Å². The van der Waals surface area contributed by atoms with Gasteiger partial charge in [-0.25, -0.2) is 4.98 Å². The van der Waals surface area contributed by atoms with Gasteiger partial charge in [0.1, 0.15) is 5.01 Å². The van der Waals surface area contributed by atoms with Gasteiger partial charge in [0, 0.05) is 43.5 Å². The Morgan fingerprint density at radius 3 is 2.75 bits per heavy atom. The quantitative estimate of drug-likeness (QED) is 0.906. The molecule has 0 saturated carbocycles. The first-order valence-corrected chi connectivity index (χ1v) is 8.19. The van der Waals surface area contributed by atoms with E-state index in [1.165, 1.54) is 25.4 Å². The van der Waals surface area contributed by atoms with Crippen LogP contribution in [0.15, 0.2) is 24.5 Å². The van der Waals surface area contributed by atoms with Crippen LogP contribution in [0.4, 0.5) is 0 Å². The van der Waals surface area contributed by atoms with E-state index >= 15 is 0 Å². The summed E-state index contributed by atoms with van der Waals surface area (Å²) >= 11 is 1.47. The fraction of sp³-hybridized carbons (Fsp3) is 0.333. The SMILES string of the molecule is Cc1nc(-c2cccnc2)sc1CNS(=O)(=O)N(C)C. The van der Waals surface area contributed by atoms with Gasteiger partial charge in [-0.1, -0.05) is 0 Å². The fourth-order valence-electron chi connectivity index (χ4n) is 1.49. The van der Waals surface area contributed by atoms with Crippen molar-refractivity contribution in [3.05, 3.63) is 35.1 Å². The summed E-state index contributed by atoms with van der Waals surface area (Å²) in [5.74, 6) is 0. The lowest BCUT2D eigenvalue weighted by molar-refractivity contribution is 0.505. The molecular weight excluding hydrogens is 296 g/mol. The maximum atomic E-state index is 11.7. The first kappa shape index (κ1) is 15.0. The molecule has 0 radical (unpaired) electrons. The van der Waals surface area contributed by atoms with E-state index in [1.54, 1.807) is 12.4 Å². The van der Waals surface area contributed by atoms with Crippen molar-refractivity contribution in [3.8, 4) is 10.6 Å². The Balaban J connectivity index is 2.17. The number of hydrogen-bond donors (Lipinski definition) is 1. The summed E-state index contributed by atoms with van der Waals surface area (Å²) in [7, 11) is -0.441. The molecule has 0 unspecified atom stereocenters. The van der Waals surface area contributed by atoms with Gasteiger partial charge in [-0.05, 0) is 19.1 Å². The predicted molar refractivity (Wildman–Crippen MR) is 79.5 cm³/mol. The summed E-state index contributed by atoms with van der Waals surface area (Å²) in [4.78, 5) is 9.41. The summed E-state index contributed by atoms with van der Waals surface area (Å²) in [6, 6.07) is 3.78. The number of aryl methyl sites for hydroxylation is 1. The van der Waals surface area contributed by atoms with Crippen LogP contribution in [0.3, 0.4) is 0 Å². The van der Waals surface area contributed by atoms with Crippen LogP contribution in [0, 0.1) is 6.92 Å². The molecule has 0 aromatic carbocycles. The third kappa shape index (κ3) is 3.40. The normalized spacial score (nSPS) is 12.0. The van der Waals surface area contributed by atoms with Crippen LogP contribution in [-0.4, -0.2) is 36.8 Å². The highest BCUT2D eigenvalue weighted by Gasteiger charge is 2.15. The second kappa shape index (κ2) is 5.96. The highest BCUT2D eigenvalue weighted by molar-refractivity contribution is 7.87. The fourth-order valence-corrected chi connectivity index (χ4v) is 3.16. The Kier molecular flexibility index (Phi) is 4.48. The summed E-state index contributed by atoms with van der Waals surface area (Å²) < 4.78 is 27.0. The molecule has 2 aromatic heterocycles. The Labute approximate surface area is 122 Å². The molecule has 8 heteroatoms. The minimum absolute atomic E-state index is 0.240. The highest BCUT2D eigenvalue weighted by atomic mass is 32.2. The molecule has 0 amide bonds. The third-order valence-electron chi connectivity index (χ3n) is 2.70. The van der Waals surface area contributed by atoms with Crippen molar-refractivity contribution in [2.75, 3.05) is 14.1 Å². The molecule has 0 spiro atoms. The number of rotatable bonds is 5. The minimum atomic E-state index is -3.42. The Bertz CT molecular complexity index is 681. The van der Waals surface area contributed by atoms with Crippen LogP contribution >= 0.6 is 11.3 Å². The summed E-state index contributed by atoms with van der Waals surface area (Å²) in [6.45, 7) is 2.11. The van der Waals surface area contributed by atoms with Gasteiger partial charge in [0.25, 0.3) is 10.2 Å². The molecule has 2 heterocycles. The lowest BCUT2D eigenvalue weighted by Gasteiger charge is -2.11. The van der Waals surface area contributed by atoms with Gasteiger partial charge in [0.15, 0.2) is 0 Å². The van der Waals surface area contributed by atoms with Crippen molar-refractivity contribution >= 4 is 21.5 Å². The van der Waals surface area contributed by atoms with Crippen molar-refractivity contribution in [1.82, 2.24) is 19.0 Å². The molecule has 20 heavy (non-hydrogen) atoms. The summed E-state index contributed by atoms with van der Waals surface area (Å²) in [6.07, 6.45) is 3.45. The molecule has 2 rings (SSSR count). The van der Waals surface area contributed by atoms with Gasteiger partial charge in [0.2, 0.25) is 0 Å². The molecule has 0 fully saturated rings. The van der Waals surface area contributed by atoms with Crippen molar-refractivity contribution in [3.63, 3.8) is 0 Å². The average molecular weight is 312 g/mol. The molecule has 0 aliphatic heterocycles. The van der Waals surface area contributed by atoms with E-state index < -0.39 is 10.2 Å². The van der Waals surface area contributed by atoms with E-state index in [1.807, 2.05) is 19.1 Å². The van der Waals surface area contributed by atoms with Crippen LogP contribution in [0.2, 0.25) is 0 Å². The number of nitrogens with zero attached hydrogens (tertiary/aromatic N) is 3. The second-order valence-electron chi connectivity index (χ2n) is 4.38. The molecule has 0 saturated heterocycles. The number of hydrogen-bond acceptors (Lipinski definition) is 5. The molecule has 108 valence electrons. The summed E-state index contributed by atoms with van der Waals surface area (Å²) in [5, 5.41) is 0.842. The maximum Gasteiger partial charge on any atom is 0.279 e. The molecule has 0 bridgehead atoms. The van der Waals surface area contributed by atoms with Gasteiger partial charge in [0.05, 0.1) is 5.69 Å².